The summed E-state index contributed by atoms with van der Waals surface area (Å²) < 4.78 is 5.43. The maximum Gasteiger partial charge on any atom is 0.268 e. The molecule has 2 atom stereocenters. The van der Waals surface area contributed by atoms with Gasteiger partial charge in [0, 0.05) is 11.1 Å². The molecule has 1 fully saturated rings. The van der Waals surface area contributed by atoms with Crippen LogP contribution in [-0.4, -0.2) is 49.8 Å². The van der Waals surface area contributed by atoms with Crippen molar-refractivity contribution in [1.29, 1.82) is 0 Å². The van der Waals surface area contributed by atoms with E-state index in [9.17, 15) is 14.7 Å². The highest BCUT2D eigenvalue weighted by Crippen LogP contribution is 2.47. The van der Waals surface area contributed by atoms with Crippen LogP contribution in [0.15, 0.2) is 48.5 Å². The number of morpholine rings is 1. The van der Waals surface area contributed by atoms with Gasteiger partial charge in [0.15, 0.2) is 18.1 Å². The van der Waals surface area contributed by atoms with Gasteiger partial charge in [0.25, 0.3) is 5.91 Å². The van der Waals surface area contributed by atoms with E-state index in [2.05, 4.69) is 0 Å². The highest BCUT2D eigenvalue weighted by Gasteiger charge is 2.58. The highest BCUT2D eigenvalue weighted by molar-refractivity contribution is 6.12. The molecule has 1 saturated heterocycles. The zero-order valence-corrected chi connectivity index (χ0v) is 16.3. The van der Waals surface area contributed by atoms with E-state index in [0.717, 1.165) is 18.7 Å². The highest BCUT2D eigenvalue weighted by atomic mass is 16.5. The number of quaternary nitrogens is 1. The van der Waals surface area contributed by atoms with E-state index in [1.165, 1.54) is 4.90 Å². The monoisotopic (exact) mass is 393 g/mol. The van der Waals surface area contributed by atoms with E-state index < -0.39 is 11.5 Å². The number of hydrogen-bond acceptors (Lipinski definition) is 4. The Morgan fingerprint density at radius 1 is 1.07 bits per heavy atom. The molecule has 0 bridgehead atoms. The van der Waals surface area contributed by atoms with Crippen molar-refractivity contribution in [1.82, 2.24) is 0 Å². The summed E-state index contributed by atoms with van der Waals surface area (Å²) >= 11 is 0. The number of carbonyl (C=O) groups excluding carboxylic acids is 2. The number of rotatable bonds is 3. The summed E-state index contributed by atoms with van der Waals surface area (Å²) in [4.78, 5) is 29.8. The van der Waals surface area contributed by atoms with Gasteiger partial charge in [0.2, 0.25) is 0 Å². The normalized spacial score (nSPS) is 27.1. The largest absolute Gasteiger partial charge is 0.375 e. The summed E-state index contributed by atoms with van der Waals surface area (Å²) in [5.74, 6) is -1.29. The number of Topliss-reactive ketones (excluding diaryl/α,β-unsaturated/α-hetero) is 1. The van der Waals surface area contributed by atoms with Gasteiger partial charge in [-0.3, -0.25) is 14.5 Å². The fourth-order valence-corrected chi connectivity index (χ4v) is 4.99. The van der Waals surface area contributed by atoms with E-state index in [-0.39, 0.29) is 11.7 Å². The Balaban J connectivity index is 1.53. The average molecular weight is 393 g/mol. The zero-order valence-electron chi connectivity index (χ0n) is 16.3. The van der Waals surface area contributed by atoms with E-state index in [1.54, 1.807) is 17.0 Å². The van der Waals surface area contributed by atoms with Gasteiger partial charge in [-0.15, -0.1) is 0 Å². The molecule has 29 heavy (non-hydrogen) atoms. The number of ether oxygens (including phenoxy) is 1. The molecule has 0 unspecified atom stereocenters. The quantitative estimate of drug-likeness (QED) is 0.799. The third-order valence-electron chi connectivity index (χ3n) is 6.56. The number of para-hydroxylation sites is 1. The first-order valence-corrected chi connectivity index (χ1v) is 10.3. The lowest BCUT2D eigenvalue weighted by molar-refractivity contribution is -0.906. The molecule has 2 aromatic rings. The molecule has 6 nitrogen and oxygen atoms in total. The number of ketones is 1. The van der Waals surface area contributed by atoms with Gasteiger partial charge >= 0.3 is 0 Å². The van der Waals surface area contributed by atoms with Gasteiger partial charge < -0.3 is 14.7 Å². The van der Waals surface area contributed by atoms with Crippen LogP contribution in [-0.2, 0) is 21.6 Å². The minimum atomic E-state index is -1.81. The molecule has 2 aliphatic heterocycles. The van der Waals surface area contributed by atoms with Crippen LogP contribution in [0.5, 0.6) is 0 Å². The smallest absolute Gasteiger partial charge is 0.268 e. The Kier molecular flexibility index (Phi) is 4.50. The van der Waals surface area contributed by atoms with Crippen molar-refractivity contribution in [3.8, 4) is 0 Å². The first kappa shape index (κ1) is 18.5. The topological polar surface area (TPSA) is 71.3 Å². The van der Waals surface area contributed by atoms with Crippen molar-refractivity contribution in [2.75, 3.05) is 37.9 Å². The molecule has 0 radical (unpaired) electrons. The van der Waals surface area contributed by atoms with Gasteiger partial charge in [0.1, 0.15) is 13.1 Å². The average Bonchev–Trinajstić information content (AvgIpc) is 2.98. The second kappa shape index (κ2) is 7.06. The lowest BCUT2D eigenvalue weighted by Crippen LogP contribution is -3.15. The number of aryl methyl sites for hydroxylation is 1. The zero-order chi connectivity index (χ0) is 20.0. The maximum absolute atomic E-state index is 13.6. The summed E-state index contributed by atoms with van der Waals surface area (Å²) in [5, 5.41) is 11.8. The van der Waals surface area contributed by atoms with E-state index in [4.69, 9.17) is 4.74 Å². The van der Waals surface area contributed by atoms with Crippen molar-refractivity contribution in [3.05, 3.63) is 65.2 Å². The molecule has 1 amide bonds. The number of carbonyl (C=O) groups is 2. The predicted molar refractivity (Wildman–Crippen MR) is 107 cm³/mol. The van der Waals surface area contributed by atoms with Crippen LogP contribution in [0, 0.1) is 5.92 Å². The number of nitrogens with zero attached hydrogens (tertiary/aromatic N) is 1. The SMILES string of the molecule is O=C1c2ccccc2CC[C@@H]1[C@@]1(O)C(=O)N(C[NH+]2CCOCC2)c2ccccc21. The lowest BCUT2D eigenvalue weighted by atomic mass is 9.71. The van der Waals surface area contributed by atoms with Gasteiger partial charge in [-0.2, -0.15) is 0 Å². The van der Waals surface area contributed by atoms with Crippen LogP contribution in [0.1, 0.15) is 27.9 Å². The van der Waals surface area contributed by atoms with Crippen molar-refractivity contribution in [2.24, 2.45) is 5.92 Å². The summed E-state index contributed by atoms with van der Waals surface area (Å²) in [6, 6.07) is 14.9. The first-order chi connectivity index (χ1) is 14.1. The Morgan fingerprint density at radius 2 is 1.79 bits per heavy atom. The molecule has 0 saturated carbocycles. The summed E-state index contributed by atoms with van der Waals surface area (Å²) in [6.07, 6.45) is 1.14. The minimum Gasteiger partial charge on any atom is -0.375 e. The minimum absolute atomic E-state index is 0.141. The molecule has 2 aromatic carbocycles. The number of anilines is 1. The molecule has 1 aliphatic carbocycles. The predicted octanol–water partition coefficient (Wildman–Crippen LogP) is 0.539. The van der Waals surface area contributed by atoms with Crippen molar-refractivity contribution >= 4 is 17.4 Å². The van der Waals surface area contributed by atoms with Crippen LogP contribution in [0.2, 0.25) is 0 Å². The number of amides is 1. The van der Waals surface area contributed by atoms with Crippen molar-refractivity contribution in [3.63, 3.8) is 0 Å². The Labute approximate surface area is 169 Å². The Morgan fingerprint density at radius 3 is 2.62 bits per heavy atom. The molecule has 2 N–H and O–H groups in total. The van der Waals surface area contributed by atoms with Gasteiger partial charge in [-0.25, -0.2) is 0 Å². The number of benzene rings is 2. The first-order valence-electron chi connectivity index (χ1n) is 10.3. The molecule has 2 heterocycles. The lowest BCUT2D eigenvalue weighted by Gasteiger charge is -2.34. The molecule has 150 valence electrons. The molecular weight excluding hydrogens is 368 g/mol. The van der Waals surface area contributed by atoms with Gasteiger partial charge in [0.05, 0.1) is 24.8 Å². The number of fused-ring (bicyclic) bond motifs is 2. The van der Waals surface area contributed by atoms with E-state index >= 15 is 0 Å². The third kappa shape index (κ3) is 2.82. The maximum atomic E-state index is 13.6. The second-order valence-corrected chi connectivity index (χ2v) is 8.15. The fraction of sp³-hybridized carbons (Fsp3) is 0.391. The summed E-state index contributed by atoms with van der Waals surface area (Å²) in [7, 11) is 0. The summed E-state index contributed by atoms with van der Waals surface area (Å²) in [5.41, 5.74) is 1.07. The van der Waals surface area contributed by atoms with E-state index in [1.807, 2.05) is 36.4 Å². The molecular formula is C23H25N2O4+. The molecule has 5 rings (SSSR count). The number of aliphatic hydroxyl groups is 1. The van der Waals surface area contributed by atoms with Crippen molar-refractivity contribution < 1.29 is 24.3 Å². The Bertz CT molecular complexity index is 969. The van der Waals surface area contributed by atoms with Crippen LogP contribution in [0.3, 0.4) is 0 Å². The van der Waals surface area contributed by atoms with Gasteiger partial charge in [-0.1, -0.05) is 42.5 Å². The molecule has 6 heteroatoms. The van der Waals surface area contributed by atoms with E-state index in [0.29, 0.717) is 49.5 Å². The fourth-order valence-electron chi connectivity index (χ4n) is 4.99. The van der Waals surface area contributed by atoms with Crippen LogP contribution >= 0.6 is 0 Å². The second-order valence-electron chi connectivity index (χ2n) is 8.15. The molecule has 0 spiro atoms. The number of hydrogen-bond donors (Lipinski definition) is 2. The molecule has 3 aliphatic rings. The van der Waals surface area contributed by atoms with Gasteiger partial charge in [-0.05, 0) is 24.5 Å². The Hall–Kier alpha value is -2.54. The summed E-state index contributed by atoms with van der Waals surface area (Å²) in [6.45, 7) is 3.45. The standard InChI is InChI=1S/C23H24N2O4/c26-21-17-6-2-1-5-16(17)9-10-19(21)23(28)18-7-3-4-8-20(18)25(22(23)27)15-24-11-13-29-14-12-24/h1-8,19,28H,9-15H2/p+1/t19-,23+/m0/s1. The third-order valence-corrected chi connectivity index (χ3v) is 6.56. The van der Waals surface area contributed by atoms with Crippen LogP contribution < -0.4 is 9.80 Å². The van der Waals surface area contributed by atoms with Crippen LogP contribution in [0.25, 0.3) is 0 Å². The van der Waals surface area contributed by atoms with Crippen LogP contribution in [0.4, 0.5) is 5.69 Å². The van der Waals surface area contributed by atoms with Crippen molar-refractivity contribution in [2.45, 2.75) is 18.4 Å². The number of nitrogens with one attached hydrogen (secondary N) is 1. The molecule has 0 aromatic heterocycles.